The van der Waals surface area contributed by atoms with Crippen LogP contribution in [-0.2, 0) is 11.3 Å². The fourth-order valence-electron chi connectivity index (χ4n) is 2.12. The molecule has 122 valence electrons. The Morgan fingerprint density at radius 3 is 2.52 bits per heavy atom. The highest BCUT2D eigenvalue weighted by Crippen LogP contribution is 2.25. The molecule has 0 saturated heterocycles. The highest BCUT2D eigenvalue weighted by atomic mass is 35.5. The van der Waals surface area contributed by atoms with Gasteiger partial charge in [0.15, 0.2) is 0 Å². The number of carbonyl (C=O) groups is 1. The smallest absolute Gasteiger partial charge is 0.234 e. The predicted octanol–water partition coefficient (Wildman–Crippen LogP) is 4.61. The number of carbonyl (C=O) groups excluding carboxylic acids is 1. The molecule has 1 atom stereocenters. The van der Waals surface area contributed by atoms with Gasteiger partial charge in [-0.05, 0) is 42.3 Å². The van der Waals surface area contributed by atoms with E-state index in [-0.39, 0.29) is 18.5 Å². The molecule has 0 bridgehead atoms. The Kier molecular flexibility index (Phi) is 6.72. The number of hydrogen-bond acceptors (Lipinski definition) is 2. The predicted molar refractivity (Wildman–Crippen MR) is 96.2 cm³/mol. The van der Waals surface area contributed by atoms with Gasteiger partial charge in [0.25, 0.3) is 0 Å². The summed E-state index contributed by atoms with van der Waals surface area (Å²) >= 11 is 17.9. The van der Waals surface area contributed by atoms with E-state index in [0.29, 0.717) is 21.6 Å². The quantitative estimate of drug-likeness (QED) is 0.778. The molecule has 0 saturated carbocycles. The largest absolute Gasteiger partial charge is 0.351 e. The number of benzene rings is 2. The average Bonchev–Trinajstić information content (AvgIpc) is 2.50. The molecule has 0 heterocycles. The molecule has 6 heteroatoms. The van der Waals surface area contributed by atoms with Gasteiger partial charge in [0, 0.05) is 27.7 Å². The maximum Gasteiger partial charge on any atom is 0.234 e. The van der Waals surface area contributed by atoms with Crippen LogP contribution in [0.2, 0.25) is 15.1 Å². The number of hydrogen-bond donors (Lipinski definition) is 2. The van der Waals surface area contributed by atoms with Crippen LogP contribution in [0.5, 0.6) is 0 Å². The Labute approximate surface area is 150 Å². The van der Waals surface area contributed by atoms with Crippen molar-refractivity contribution in [1.29, 1.82) is 0 Å². The van der Waals surface area contributed by atoms with Crippen molar-refractivity contribution in [3.8, 4) is 0 Å². The first-order valence-electron chi connectivity index (χ1n) is 7.15. The van der Waals surface area contributed by atoms with E-state index in [1.165, 1.54) is 0 Å². The van der Waals surface area contributed by atoms with Crippen molar-refractivity contribution in [3.63, 3.8) is 0 Å². The molecule has 0 aliphatic carbocycles. The van der Waals surface area contributed by atoms with Gasteiger partial charge < -0.3 is 10.6 Å². The fourth-order valence-corrected chi connectivity index (χ4v) is 2.90. The van der Waals surface area contributed by atoms with Crippen molar-refractivity contribution < 1.29 is 4.79 Å². The molecular weight excluding hydrogens is 355 g/mol. The van der Waals surface area contributed by atoms with E-state index in [9.17, 15) is 4.79 Å². The number of amides is 1. The number of nitrogens with one attached hydrogen (secondary N) is 2. The van der Waals surface area contributed by atoms with E-state index >= 15 is 0 Å². The van der Waals surface area contributed by atoms with Gasteiger partial charge >= 0.3 is 0 Å². The molecule has 1 amide bonds. The Morgan fingerprint density at radius 2 is 1.83 bits per heavy atom. The number of rotatable bonds is 6. The summed E-state index contributed by atoms with van der Waals surface area (Å²) in [6.45, 7) is 2.58. The Balaban J connectivity index is 1.81. The van der Waals surface area contributed by atoms with Gasteiger partial charge in [-0.25, -0.2) is 0 Å². The van der Waals surface area contributed by atoms with Crippen molar-refractivity contribution in [2.45, 2.75) is 19.5 Å². The van der Waals surface area contributed by atoms with Crippen LogP contribution in [0.4, 0.5) is 0 Å². The lowest BCUT2D eigenvalue weighted by Gasteiger charge is -2.16. The third-order valence-electron chi connectivity index (χ3n) is 3.38. The molecule has 3 nitrogen and oxygen atoms in total. The van der Waals surface area contributed by atoms with Crippen LogP contribution in [0.15, 0.2) is 42.5 Å². The summed E-state index contributed by atoms with van der Waals surface area (Å²) in [6, 6.07) is 12.7. The Bertz CT molecular complexity index is 691. The lowest BCUT2D eigenvalue weighted by molar-refractivity contribution is -0.120. The van der Waals surface area contributed by atoms with E-state index in [1.807, 2.05) is 31.2 Å². The van der Waals surface area contributed by atoms with Gasteiger partial charge in [-0.2, -0.15) is 0 Å². The van der Waals surface area contributed by atoms with E-state index in [4.69, 9.17) is 34.8 Å². The molecular formula is C17H17Cl3N2O. The van der Waals surface area contributed by atoms with E-state index in [0.717, 1.165) is 11.1 Å². The zero-order valence-electron chi connectivity index (χ0n) is 12.6. The highest BCUT2D eigenvalue weighted by Gasteiger charge is 2.11. The zero-order valence-corrected chi connectivity index (χ0v) is 14.8. The van der Waals surface area contributed by atoms with Crippen molar-refractivity contribution in [3.05, 3.63) is 68.7 Å². The van der Waals surface area contributed by atoms with Crippen LogP contribution >= 0.6 is 34.8 Å². The topological polar surface area (TPSA) is 41.1 Å². The lowest BCUT2D eigenvalue weighted by Crippen LogP contribution is -2.34. The zero-order chi connectivity index (χ0) is 16.8. The molecule has 0 aromatic heterocycles. The van der Waals surface area contributed by atoms with Gasteiger partial charge in [-0.1, -0.05) is 53.0 Å². The summed E-state index contributed by atoms with van der Waals surface area (Å²) in [5, 5.41) is 7.81. The fraction of sp³-hybridized carbons (Fsp3) is 0.235. The Hall–Kier alpha value is -1.26. The maximum atomic E-state index is 11.9. The summed E-state index contributed by atoms with van der Waals surface area (Å²) in [7, 11) is 0. The van der Waals surface area contributed by atoms with Gasteiger partial charge in [0.1, 0.15) is 0 Å². The molecule has 2 aromatic rings. The van der Waals surface area contributed by atoms with E-state index < -0.39 is 0 Å². The SMILES string of the molecule is C[C@H](NCC(=O)NCc1cccc(Cl)c1)c1ccc(Cl)cc1Cl. The lowest BCUT2D eigenvalue weighted by atomic mass is 10.1. The molecule has 0 aliphatic heterocycles. The summed E-state index contributed by atoms with van der Waals surface area (Å²) in [4.78, 5) is 11.9. The van der Waals surface area contributed by atoms with Crippen molar-refractivity contribution in [2.75, 3.05) is 6.54 Å². The molecule has 0 unspecified atom stereocenters. The standard InChI is InChI=1S/C17H17Cl3N2O/c1-11(15-6-5-14(19)8-16(15)20)21-10-17(23)22-9-12-3-2-4-13(18)7-12/h2-8,11,21H,9-10H2,1H3,(H,22,23)/t11-/m0/s1. The van der Waals surface area contributed by atoms with Crippen LogP contribution < -0.4 is 10.6 Å². The monoisotopic (exact) mass is 370 g/mol. The first-order chi connectivity index (χ1) is 11.0. The van der Waals surface area contributed by atoms with E-state index in [2.05, 4.69) is 10.6 Å². The minimum absolute atomic E-state index is 0.0586. The van der Waals surface area contributed by atoms with Crippen LogP contribution in [0.25, 0.3) is 0 Å². The van der Waals surface area contributed by atoms with Gasteiger partial charge in [0.2, 0.25) is 5.91 Å². The second kappa shape index (κ2) is 8.55. The third kappa shape index (κ3) is 5.70. The second-order valence-corrected chi connectivity index (χ2v) is 6.46. The third-order valence-corrected chi connectivity index (χ3v) is 4.17. The Morgan fingerprint density at radius 1 is 1.09 bits per heavy atom. The van der Waals surface area contributed by atoms with Gasteiger partial charge in [0.05, 0.1) is 6.54 Å². The minimum atomic E-state index is -0.0955. The van der Waals surface area contributed by atoms with Crippen molar-refractivity contribution in [2.24, 2.45) is 0 Å². The first-order valence-corrected chi connectivity index (χ1v) is 8.28. The van der Waals surface area contributed by atoms with Crippen molar-refractivity contribution in [1.82, 2.24) is 10.6 Å². The van der Waals surface area contributed by atoms with Crippen molar-refractivity contribution >= 4 is 40.7 Å². The summed E-state index contributed by atoms with van der Waals surface area (Å²) in [6.07, 6.45) is 0. The van der Waals surface area contributed by atoms with Crippen LogP contribution in [0.1, 0.15) is 24.1 Å². The summed E-state index contributed by atoms with van der Waals surface area (Å²) < 4.78 is 0. The number of halogens is 3. The summed E-state index contributed by atoms with van der Waals surface area (Å²) in [5.74, 6) is -0.0955. The molecule has 2 aromatic carbocycles. The maximum absolute atomic E-state index is 11.9. The normalized spacial score (nSPS) is 12.0. The molecule has 0 fully saturated rings. The van der Waals surface area contributed by atoms with Crippen LogP contribution in [-0.4, -0.2) is 12.5 Å². The highest BCUT2D eigenvalue weighted by molar-refractivity contribution is 6.35. The van der Waals surface area contributed by atoms with Gasteiger partial charge in [-0.3, -0.25) is 4.79 Å². The molecule has 0 aliphatic rings. The van der Waals surface area contributed by atoms with Crippen LogP contribution in [0, 0.1) is 0 Å². The molecule has 23 heavy (non-hydrogen) atoms. The molecule has 2 rings (SSSR count). The average molecular weight is 372 g/mol. The second-order valence-electron chi connectivity index (χ2n) is 5.18. The van der Waals surface area contributed by atoms with Gasteiger partial charge in [-0.15, -0.1) is 0 Å². The van der Waals surface area contributed by atoms with Crippen LogP contribution in [0.3, 0.4) is 0 Å². The molecule has 2 N–H and O–H groups in total. The minimum Gasteiger partial charge on any atom is -0.351 e. The van der Waals surface area contributed by atoms with E-state index in [1.54, 1.807) is 18.2 Å². The molecule has 0 spiro atoms. The first kappa shape index (κ1) is 18.1. The summed E-state index contributed by atoms with van der Waals surface area (Å²) in [5.41, 5.74) is 1.86. The molecule has 0 radical (unpaired) electrons.